The van der Waals surface area contributed by atoms with Crippen molar-refractivity contribution in [2.45, 2.75) is 212 Å². The summed E-state index contributed by atoms with van der Waals surface area (Å²) in [5.74, 6) is -0.712. The van der Waals surface area contributed by atoms with E-state index in [2.05, 4.69) is 18.0 Å². The van der Waals surface area contributed by atoms with Gasteiger partial charge in [0.1, 0.15) is 42.0 Å². The van der Waals surface area contributed by atoms with Crippen LogP contribution in [0.1, 0.15) is 169 Å². The van der Waals surface area contributed by atoms with Gasteiger partial charge in [0, 0.05) is 45.1 Å². The van der Waals surface area contributed by atoms with Gasteiger partial charge in [0.15, 0.2) is 12.0 Å². The molecule has 3 saturated heterocycles. The van der Waals surface area contributed by atoms with Gasteiger partial charge in [-0.3, -0.25) is 9.59 Å². The van der Waals surface area contributed by atoms with E-state index in [0.29, 0.717) is 31.6 Å². The Balaban J connectivity index is 1.27. The van der Waals surface area contributed by atoms with Gasteiger partial charge in [0.25, 0.3) is 0 Å². The van der Waals surface area contributed by atoms with Gasteiger partial charge >= 0.3 is 17.9 Å². The summed E-state index contributed by atoms with van der Waals surface area (Å²) < 4.78 is 42.3. The maximum absolute atomic E-state index is 13.9. The molecule has 0 unspecified atom stereocenters. The molecule has 3 fully saturated rings. The first kappa shape index (κ1) is 49.5. The SMILES string of the molecule is CCCCCCCCCCCCCCCC(=O)O[C@H]1C[C@@H]([C@H](C)[C@@H](OC)/C(C)=C/C=C/C(C)=C/c2coc(C)n2)OC(=O)[C@@H]2O[C@@H]2C[C@H]2CC(=O)O[C@H](C2)[C@H](C)/C=C/[C@H]2O[C@@]12C. The van der Waals surface area contributed by atoms with Gasteiger partial charge in [0.2, 0.25) is 0 Å². The van der Waals surface area contributed by atoms with E-state index in [-0.39, 0.29) is 54.4 Å². The molecule has 62 heavy (non-hydrogen) atoms. The second-order valence-corrected chi connectivity index (χ2v) is 18.8. The third-order valence-electron chi connectivity index (χ3n) is 13.4. The normalized spacial score (nSPS) is 30.8. The van der Waals surface area contributed by atoms with Crippen molar-refractivity contribution < 1.29 is 47.2 Å². The molecule has 1 aromatic rings. The number of cyclic esters (lactones) is 1. The Bertz CT molecular complexity index is 1710. The van der Waals surface area contributed by atoms with Gasteiger partial charge in [-0.25, -0.2) is 9.78 Å². The molecule has 5 rings (SSSR count). The molecule has 11 nitrogen and oxygen atoms in total. The topological polar surface area (TPSA) is 139 Å². The number of ether oxygens (including phenoxy) is 6. The summed E-state index contributed by atoms with van der Waals surface area (Å²) in [5.41, 5.74) is 1.83. The summed E-state index contributed by atoms with van der Waals surface area (Å²) in [5, 5.41) is 0. The molecular formula is C51H77NO10. The molecule has 4 aliphatic rings. The van der Waals surface area contributed by atoms with Gasteiger partial charge < -0.3 is 32.8 Å². The summed E-state index contributed by atoms with van der Waals surface area (Å²) in [6.45, 7) is 14.1. The Morgan fingerprint density at radius 2 is 1.60 bits per heavy atom. The summed E-state index contributed by atoms with van der Waals surface area (Å²) in [6, 6.07) is 0. The second kappa shape index (κ2) is 24.5. The largest absolute Gasteiger partial charge is 0.462 e. The summed E-state index contributed by atoms with van der Waals surface area (Å²) in [6.07, 6.45) is 28.0. The number of methoxy groups -OCH3 is 1. The number of hydrogen-bond acceptors (Lipinski definition) is 11. The van der Waals surface area contributed by atoms with Crippen molar-refractivity contribution in [1.29, 1.82) is 0 Å². The van der Waals surface area contributed by atoms with E-state index in [1.165, 1.54) is 64.2 Å². The number of rotatable bonds is 22. The van der Waals surface area contributed by atoms with Crippen LogP contribution >= 0.6 is 0 Å². The smallest absolute Gasteiger partial charge is 0.338 e. The molecule has 0 aliphatic carbocycles. The number of fused-ring (bicyclic) bond motifs is 4. The monoisotopic (exact) mass is 864 g/mol. The highest BCUT2D eigenvalue weighted by molar-refractivity contribution is 5.78. The number of allylic oxidation sites excluding steroid dienone is 4. The van der Waals surface area contributed by atoms with Crippen molar-refractivity contribution in [3.8, 4) is 0 Å². The highest BCUT2D eigenvalue weighted by Gasteiger charge is 2.59. The van der Waals surface area contributed by atoms with Gasteiger partial charge in [-0.2, -0.15) is 0 Å². The van der Waals surface area contributed by atoms with Crippen LogP contribution < -0.4 is 0 Å². The van der Waals surface area contributed by atoms with Crippen LogP contribution in [0.4, 0.5) is 0 Å². The summed E-state index contributed by atoms with van der Waals surface area (Å²) in [7, 11) is 1.65. The van der Waals surface area contributed by atoms with Gasteiger partial charge in [-0.15, -0.1) is 0 Å². The number of hydrogen-bond donors (Lipinski definition) is 0. The van der Waals surface area contributed by atoms with Crippen LogP contribution in [0.5, 0.6) is 0 Å². The minimum absolute atomic E-state index is 0.0425. The predicted octanol–water partition coefficient (Wildman–Crippen LogP) is 11.1. The van der Waals surface area contributed by atoms with E-state index in [0.717, 1.165) is 36.1 Å². The molecule has 0 aromatic carbocycles. The van der Waals surface area contributed by atoms with Crippen LogP contribution in [-0.2, 0) is 42.8 Å². The molecule has 0 N–H and O–H groups in total. The highest BCUT2D eigenvalue weighted by atomic mass is 16.7. The lowest BCUT2D eigenvalue weighted by Gasteiger charge is -2.34. The fourth-order valence-electron chi connectivity index (χ4n) is 9.29. The first-order valence-electron chi connectivity index (χ1n) is 23.9. The van der Waals surface area contributed by atoms with Gasteiger partial charge in [-0.1, -0.05) is 128 Å². The molecule has 0 saturated carbocycles. The number of unbranched alkanes of at least 4 members (excludes halogenated alkanes) is 12. The number of carbonyl (C=O) groups is 3. The van der Waals surface area contributed by atoms with Crippen LogP contribution in [0.15, 0.2) is 52.2 Å². The number of nitrogens with zero attached hydrogens (tertiary/aromatic N) is 1. The number of carbonyl (C=O) groups excluding carboxylic acids is 3. The molecule has 5 heterocycles. The van der Waals surface area contributed by atoms with E-state index in [1.807, 2.05) is 71.9 Å². The van der Waals surface area contributed by atoms with Crippen molar-refractivity contribution >= 4 is 24.0 Å². The zero-order chi connectivity index (χ0) is 44.6. The molecule has 1 aromatic heterocycles. The first-order chi connectivity index (χ1) is 29.8. The lowest BCUT2D eigenvalue weighted by Crippen LogP contribution is -2.43. The van der Waals surface area contributed by atoms with E-state index in [1.54, 1.807) is 13.4 Å². The molecule has 11 heteroatoms. The van der Waals surface area contributed by atoms with Crippen LogP contribution in [0.3, 0.4) is 0 Å². The Kier molecular flexibility index (Phi) is 19.6. The molecule has 0 spiro atoms. The third kappa shape index (κ3) is 15.3. The first-order valence-corrected chi connectivity index (χ1v) is 23.9. The summed E-state index contributed by atoms with van der Waals surface area (Å²) >= 11 is 0. The van der Waals surface area contributed by atoms with Crippen LogP contribution in [0.25, 0.3) is 6.08 Å². The molecule has 4 aliphatic heterocycles. The second-order valence-electron chi connectivity index (χ2n) is 18.8. The molecule has 2 bridgehead atoms. The predicted molar refractivity (Wildman–Crippen MR) is 240 cm³/mol. The van der Waals surface area contributed by atoms with Crippen LogP contribution in [0, 0.1) is 24.7 Å². The molecule has 346 valence electrons. The van der Waals surface area contributed by atoms with Crippen molar-refractivity contribution in [1.82, 2.24) is 4.98 Å². The van der Waals surface area contributed by atoms with Crippen molar-refractivity contribution in [3.05, 3.63) is 59.4 Å². The van der Waals surface area contributed by atoms with Crippen LogP contribution in [0.2, 0.25) is 0 Å². The van der Waals surface area contributed by atoms with Crippen molar-refractivity contribution in [2.75, 3.05) is 7.11 Å². The highest BCUT2D eigenvalue weighted by Crippen LogP contribution is 2.46. The molecule has 0 radical (unpaired) electrons. The number of epoxide rings is 2. The molecular weight excluding hydrogens is 787 g/mol. The van der Waals surface area contributed by atoms with Crippen LogP contribution in [-0.4, -0.2) is 78.3 Å². The lowest BCUT2D eigenvalue weighted by atomic mass is 9.84. The number of aromatic nitrogens is 1. The lowest BCUT2D eigenvalue weighted by molar-refractivity contribution is -0.164. The van der Waals surface area contributed by atoms with Crippen molar-refractivity contribution in [2.24, 2.45) is 17.8 Å². The number of oxazole rings is 1. The Morgan fingerprint density at radius 3 is 2.24 bits per heavy atom. The van der Waals surface area contributed by atoms with E-state index >= 15 is 0 Å². The zero-order valence-corrected chi connectivity index (χ0v) is 39.1. The van der Waals surface area contributed by atoms with Gasteiger partial charge in [-0.05, 0) is 63.2 Å². The van der Waals surface area contributed by atoms with E-state index < -0.39 is 36.0 Å². The number of aryl methyl sites for hydroxylation is 1. The molecule has 11 atom stereocenters. The fraction of sp³-hybridized carbons (Fsp3) is 0.725. The molecule has 0 amide bonds. The fourth-order valence-corrected chi connectivity index (χ4v) is 9.29. The average molecular weight is 864 g/mol. The van der Waals surface area contributed by atoms with E-state index in [4.69, 9.17) is 32.8 Å². The van der Waals surface area contributed by atoms with Crippen molar-refractivity contribution in [3.63, 3.8) is 0 Å². The minimum atomic E-state index is -0.851. The standard InChI is InChI=1S/C51H77NO10/c1-9-10-11-12-13-14-15-16-17-18-19-20-21-25-46(53)61-45-32-42(37(5)48(56-8)36(4)24-22-23-34(2)28-40-33-57-38(6)52-40)60-50(55)49-43(59-49)30-39-29-41(58-47(54)31-39)35(3)26-27-44-51(45,7)62-44/h22-24,26-28,33,35,37,39,41-45,48-49H,9-21,25,29-32H2,1-8H3/b23-22+,27-26+,34-28+,36-24+/t35-,37+,39+,41-,42+,43-,44-,45+,48+,49-,51-/m1/s1. The maximum Gasteiger partial charge on any atom is 0.338 e. The van der Waals surface area contributed by atoms with Gasteiger partial charge in [0.05, 0.1) is 12.2 Å². The Hall–Kier alpha value is -3.54. The summed E-state index contributed by atoms with van der Waals surface area (Å²) in [4.78, 5) is 44.6. The minimum Gasteiger partial charge on any atom is -0.462 e. The average Bonchev–Trinajstić information content (AvgIpc) is 4.11. The third-order valence-corrected chi connectivity index (χ3v) is 13.4. The zero-order valence-electron chi connectivity index (χ0n) is 39.1. The quantitative estimate of drug-likeness (QED) is 0.0275. The maximum atomic E-state index is 13.9. The number of esters is 3. The van der Waals surface area contributed by atoms with E-state index in [9.17, 15) is 14.4 Å². The Labute approximate surface area is 371 Å². The Morgan fingerprint density at radius 1 is 0.935 bits per heavy atom.